The van der Waals surface area contributed by atoms with Crippen LogP contribution in [0.15, 0.2) is 35.0 Å². The monoisotopic (exact) mass is 335 g/mol. The van der Waals surface area contributed by atoms with E-state index in [-0.39, 0.29) is 18.3 Å². The number of carbonyl (C=O) groups excluding carboxylic acids is 1. The average Bonchev–Trinajstić information content (AvgIpc) is 2.95. The quantitative estimate of drug-likeness (QED) is 0.757. The lowest BCUT2D eigenvalue weighted by Crippen LogP contribution is -2.26. The van der Waals surface area contributed by atoms with Crippen LogP contribution in [0.4, 0.5) is 8.78 Å². The first-order valence-electron chi connectivity index (χ1n) is 7.78. The van der Waals surface area contributed by atoms with Gasteiger partial charge in [-0.2, -0.15) is 8.78 Å². The highest BCUT2D eigenvalue weighted by Gasteiger charge is 2.36. The maximum Gasteiger partial charge on any atom is 0.319 e. The molecule has 0 aliphatic heterocycles. The number of alkyl halides is 2. The number of hydrogen-bond donors (Lipinski definition) is 0. The zero-order chi connectivity index (χ0) is 17.3. The summed E-state index contributed by atoms with van der Waals surface area (Å²) in [7, 11) is 1.54. The minimum atomic E-state index is -2.67. The van der Waals surface area contributed by atoms with E-state index in [1.165, 1.54) is 30.4 Å². The van der Waals surface area contributed by atoms with Gasteiger partial charge in [0.1, 0.15) is 17.3 Å². The summed E-state index contributed by atoms with van der Waals surface area (Å²) in [5.74, 6) is 2.52. The van der Waals surface area contributed by atoms with E-state index in [0.717, 1.165) is 16.7 Å². The minimum Gasteiger partial charge on any atom is -0.461 e. The Morgan fingerprint density at radius 1 is 1.54 bits per heavy atom. The van der Waals surface area contributed by atoms with Crippen molar-refractivity contribution in [2.75, 3.05) is 7.05 Å². The highest BCUT2D eigenvalue weighted by molar-refractivity contribution is 5.91. The molecule has 3 rings (SSSR count). The molecule has 2 aromatic heterocycles. The minimum absolute atomic E-state index is 0.00348. The molecule has 1 amide bonds. The van der Waals surface area contributed by atoms with Crippen LogP contribution in [0, 0.1) is 5.92 Å². The lowest BCUT2D eigenvalue weighted by atomic mass is 10.3. The van der Waals surface area contributed by atoms with Gasteiger partial charge in [-0.1, -0.05) is 6.92 Å². The second kappa shape index (κ2) is 6.59. The number of nitrogens with zero attached hydrogens (tertiary/aromatic N) is 3. The van der Waals surface area contributed by atoms with Gasteiger partial charge in [-0.15, -0.1) is 0 Å². The molecule has 1 aliphatic rings. The average molecular weight is 335 g/mol. The van der Waals surface area contributed by atoms with Gasteiger partial charge in [-0.25, -0.2) is 4.98 Å². The van der Waals surface area contributed by atoms with Crippen LogP contribution in [-0.2, 0) is 11.3 Å². The molecule has 2 aromatic rings. The van der Waals surface area contributed by atoms with Crippen molar-refractivity contribution in [3.63, 3.8) is 0 Å². The number of rotatable bonds is 6. The number of carbonyl (C=O) groups is 1. The van der Waals surface area contributed by atoms with E-state index < -0.39 is 6.55 Å². The van der Waals surface area contributed by atoms with E-state index in [4.69, 9.17) is 4.42 Å². The molecule has 1 saturated carbocycles. The van der Waals surface area contributed by atoms with E-state index >= 15 is 0 Å². The Morgan fingerprint density at radius 3 is 2.96 bits per heavy atom. The predicted molar refractivity (Wildman–Crippen MR) is 84.2 cm³/mol. The summed E-state index contributed by atoms with van der Waals surface area (Å²) in [5, 5.41) is 0. The van der Waals surface area contributed by atoms with Gasteiger partial charge in [0.2, 0.25) is 5.91 Å². The number of halogens is 2. The SMILES string of the molecule is CC1CC1c1ccc(/C=C/C(=O)N(C)Cc2nccn2C(F)F)o1. The highest BCUT2D eigenvalue weighted by Crippen LogP contribution is 2.47. The Hall–Kier alpha value is -2.44. The molecule has 2 heterocycles. The number of furan rings is 1. The van der Waals surface area contributed by atoms with Crippen LogP contribution in [0.5, 0.6) is 0 Å². The smallest absolute Gasteiger partial charge is 0.319 e. The van der Waals surface area contributed by atoms with Crippen LogP contribution in [0.2, 0.25) is 0 Å². The molecule has 1 aliphatic carbocycles. The van der Waals surface area contributed by atoms with Gasteiger partial charge in [0.25, 0.3) is 0 Å². The van der Waals surface area contributed by atoms with Crippen molar-refractivity contribution in [1.82, 2.24) is 14.5 Å². The van der Waals surface area contributed by atoms with Gasteiger partial charge in [0, 0.05) is 31.4 Å². The fourth-order valence-electron chi connectivity index (χ4n) is 2.59. The zero-order valence-corrected chi connectivity index (χ0v) is 13.5. The Labute approximate surface area is 138 Å². The topological polar surface area (TPSA) is 51.3 Å². The first-order valence-corrected chi connectivity index (χ1v) is 7.78. The van der Waals surface area contributed by atoms with Crippen molar-refractivity contribution in [3.05, 3.63) is 47.9 Å². The third-order valence-electron chi connectivity index (χ3n) is 4.23. The number of likely N-dealkylation sites (N-methyl/N-ethyl adjacent to an activating group) is 1. The van der Waals surface area contributed by atoms with Gasteiger partial charge < -0.3 is 9.32 Å². The molecule has 1 fully saturated rings. The standard InChI is InChI=1S/C17H19F2N3O2/c1-11-9-13(11)14-5-3-12(24-14)4-6-16(23)21(2)10-15-20-7-8-22(15)17(18)19/h3-8,11,13,17H,9-10H2,1-2H3/b6-4+. The summed E-state index contributed by atoms with van der Waals surface area (Å²) in [6, 6.07) is 3.76. The van der Waals surface area contributed by atoms with Crippen molar-refractivity contribution in [2.45, 2.75) is 32.4 Å². The van der Waals surface area contributed by atoms with Crippen LogP contribution >= 0.6 is 0 Å². The molecule has 2 unspecified atom stereocenters. The molecular formula is C17H19F2N3O2. The zero-order valence-electron chi connectivity index (χ0n) is 13.5. The Bertz CT molecular complexity index is 751. The molecule has 128 valence electrons. The van der Waals surface area contributed by atoms with E-state index in [2.05, 4.69) is 11.9 Å². The molecule has 2 atom stereocenters. The normalized spacial score (nSPS) is 20.0. The molecule has 0 saturated heterocycles. The Balaban J connectivity index is 1.59. The second-order valence-electron chi connectivity index (χ2n) is 6.12. The van der Waals surface area contributed by atoms with E-state index in [9.17, 15) is 13.6 Å². The second-order valence-corrected chi connectivity index (χ2v) is 6.12. The molecule has 0 N–H and O–H groups in total. The predicted octanol–water partition coefficient (Wildman–Crippen LogP) is 3.67. The molecule has 0 bridgehead atoms. The molecule has 5 nitrogen and oxygen atoms in total. The summed E-state index contributed by atoms with van der Waals surface area (Å²) >= 11 is 0. The summed E-state index contributed by atoms with van der Waals surface area (Å²) in [6.07, 6.45) is 6.58. The van der Waals surface area contributed by atoms with Crippen molar-refractivity contribution >= 4 is 12.0 Å². The van der Waals surface area contributed by atoms with Gasteiger partial charge >= 0.3 is 6.55 Å². The van der Waals surface area contributed by atoms with Gasteiger partial charge in [0.05, 0.1) is 6.54 Å². The number of amides is 1. The number of imidazole rings is 1. The van der Waals surface area contributed by atoms with E-state index in [1.807, 2.05) is 12.1 Å². The van der Waals surface area contributed by atoms with Crippen molar-refractivity contribution in [3.8, 4) is 0 Å². The largest absolute Gasteiger partial charge is 0.461 e. The van der Waals surface area contributed by atoms with Crippen LogP contribution < -0.4 is 0 Å². The van der Waals surface area contributed by atoms with E-state index in [0.29, 0.717) is 17.6 Å². The van der Waals surface area contributed by atoms with Crippen LogP contribution in [-0.4, -0.2) is 27.4 Å². The van der Waals surface area contributed by atoms with Gasteiger partial charge in [-0.05, 0) is 30.5 Å². The first-order chi connectivity index (χ1) is 11.5. The third kappa shape index (κ3) is 3.55. The van der Waals surface area contributed by atoms with Crippen LogP contribution in [0.25, 0.3) is 6.08 Å². The van der Waals surface area contributed by atoms with Gasteiger partial charge in [-0.3, -0.25) is 9.36 Å². The van der Waals surface area contributed by atoms with Crippen LogP contribution in [0.1, 0.15) is 43.2 Å². The van der Waals surface area contributed by atoms with Crippen molar-refractivity contribution in [1.29, 1.82) is 0 Å². The lowest BCUT2D eigenvalue weighted by Gasteiger charge is -2.15. The fourth-order valence-corrected chi connectivity index (χ4v) is 2.59. The summed E-state index contributed by atoms with van der Waals surface area (Å²) in [6.45, 7) is -0.499. The summed E-state index contributed by atoms with van der Waals surface area (Å²) in [5.41, 5.74) is 0. The first kappa shape index (κ1) is 16.4. The molecule has 0 radical (unpaired) electrons. The van der Waals surface area contributed by atoms with Gasteiger partial charge in [0.15, 0.2) is 0 Å². The Kier molecular flexibility index (Phi) is 4.51. The highest BCUT2D eigenvalue weighted by atomic mass is 19.3. The van der Waals surface area contributed by atoms with Crippen molar-refractivity contribution < 1.29 is 18.0 Å². The maximum absolute atomic E-state index is 12.8. The molecule has 0 aromatic carbocycles. The number of aromatic nitrogens is 2. The molecule has 0 spiro atoms. The van der Waals surface area contributed by atoms with Crippen LogP contribution in [0.3, 0.4) is 0 Å². The Morgan fingerprint density at radius 2 is 2.29 bits per heavy atom. The van der Waals surface area contributed by atoms with Crippen molar-refractivity contribution in [2.24, 2.45) is 5.92 Å². The molecular weight excluding hydrogens is 316 g/mol. The molecule has 24 heavy (non-hydrogen) atoms. The van der Waals surface area contributed by atoms with E-state index in [1.54, 1.807) is 6.08 Å². The number of hydrogen-bond acceptors (Lipinski definition) is 3. The third-order valence-corrected chi connectivity index (χ3v) is 4.23. The summed E-state index contributed by atoms with van der Waals surface area (Å²) < 4.78 is 32.0. The summed E-state index contributed by atoms with van der Waals surface area (Å²) in [4.78, 5) is 17.3. The maximum atomic E-state index is 12.8. The fraction of sp³-hybridized carbons (Fsp3) is 0.412. The lowest BCUT2D eigenvalue weighted by molar-refractivity contribution is -0.125. The molecule has 7 heteroatoms.